The van der Waals surface area contributed by atoms with Crippen LogP contribution in [-0.4, -0.2) is 38.4 Å². The summed E-state index contributed by atoms with van der Waals surface area (Å²) in [6, 6.07) is 7.42. The lowest BCUT2D eigenvalue weighted by molar-refractivity contribution is 0.180. The van der Waals surface area contributed by atoms with Crippen LogP contribution in [-0.2, 0) is 6.54 Å². The van der Waals surface area contributed by atoms with E-state index < -0.39 is 6.10 Å². The van der Waals surface area contributed by atoms with Gasteiger partial charge in [-0.25, -0.2) is 4.99 Å². The van der Waals surface area contributed by atoms with Crippen LogP contribution < -0.4 is 20.1 Å². The number of hydrogen-bond acceptors (Lipinski definition) is 5. The first kappa shape index (κ1) is 19.1. The molecule has 0 saturated carbocycles. The number of aliphatic imine (C=N–C) groups is 1. The van der Waals surface area contributed by atoms with Gasteiger partial charge in [0.15, 0.2) is 5.96 Å². The van der Waals surface area contributed by atoms with Gasteiger partial charge in [-0.05, 0) is 47.0 Å². The molecule has 0 aliphatic heterocycles. The van der Waals surface area contributed by atoms with Gasteiger partial charge in [-0.1, -0.05) is 0 Å². The van der Waals surface area contributed by atoms with Gasteiger partial charge in [0.2, 0.25) is 0 Å². The molecule has 1 unspecified atom stereocenters. The molecule has 1 heterocycles. The van der Waals surface area contributed by atoms with Crippen molar-refractivity contribution in [3.8, 4) is 11.5 Å². The van der Waals surface area contributed by atoms with Crippen LogP contribution in [0.5, 0.6) is 11.5 Å². The molecule has 1 atom stereocenters. The quantitative estimate of drug-likeness (QED) is 0.496. The van der Waals surface area contributed by atoms with Crippen molar-refractivity contribution in [3.63, 3.8) is 0 Å². The summed E-state index contributed by atoms with van der Waals surface area (Å²) in [5.41, 5.74) is 1.89. The Hall–Kier alpha value is -2.25. The van der Waals surface area contributed by atoms with Crippen molar-refractivity contribution in [3.05, 3.63) is 46.2 Å². The Morgan fingerprint density at radius 2 is 1.92 bits per heavy atom. The van der Waals surface area contributed by atoms with Gasteiger partial charge in [0.25, 0.3) is 0 Å². The van der Waals surface area contributed by atoms with Gasteiger partial charge in [-0.3, -0.25) is 0 Å². The van der Waals surface area contributed by atoms with Crippen LogP contribution in [0, 0.1) is 0 Å². The second-order valence-electron chi connectivity index (χ2n) is 5.37. The number of benzene rings is 1. The van der Waals surface area contributed by atoms with Crippen molar-refractivity contribution in [2.75, 3.05) is 27.3 Å². The average Bonchev–Trinajstić information content (AvgIpc) is 3.16. The molecule has 0 fully saturated rings. The largest absolute Gasteiger partial charge is 0.497 e. The third-order valence-corrected chi connectivity index (χ3v) is 4.30. The SMILES string of the molecule is CCNC(=NCc1ccsc1)NCC(O)c1cc(OC)cc(OC)c1. The second-order valence-corrected chi connectivity index (χ2v) is 6.15. The lowest BCUT2D eigenvalue weighted by atomic mass is 10.1. The lowest BCUT2D eigenvalue weighted by Gasteiger charge is -2.17. The molecule has 0 saturated heterocycles. The van der Waals surface area contributed by atoms with Crippen LogP contribution in [0.1, 0.15) is 24.2 Å². The van der Waals surface area contributed by atoms with Crippen LogP contribution in [0.25, 0.3) is 0 Å². The van der Waals surface area contributed by atoms with Crippen LogP contribution in [0.4, 0.5) is 0 Å². The van der Waals surface area contributed by atoms with E-state index in [2.05, 4.69) is 27.1 Å². The van der Waals surface area contributed by atoms with E-state index in [0.29, 0.717) is 30.5 Å². The van der Waals surface area contributed by atoms with Gasteiger partial charge in [0.1, 0.15) is 11.5 Å². The molecule has 0 bridgehead atoms. The Labute approximate surface area is 152 Å². The van der Waals surface area contributed by atoms with Gasteiger partial charge in [0.05, 0.1) is 26.9 Å². The maximum Gasteiger partial charge on any atom is 0.191 e. The molecule has 2 rings (SSSR count). The van der Waals surface area contributed by atoms with E-state index in [4.69, 9.17) is 9.47 Å². The number of rotatable bonds is 8. The topological polar surface area (TPSA) is 75.1 Å². The fourth-order valence-corrected chi connectivity index (χ4v) is 2.89. The monoisotopic (exact) mass is 363 g/mol. The number of nitrogens with one attached hydrogen (secondary N) is 2. The molecule has 136 valence electrons. The Balaban J connectivity index is 2.00. The summed E-state index contributed by atoms with van der Waals surface area (Å²) in [6.07, 6.45) is -0.714. The summed E-state index contributed by atoms with van der Waals surface area (Å²) in [6.45, 7) is 3.68. The molecular weight excluding hydrogens is 338 g/mol. The minimum atomic E-state index is -0.714. The molecule has 0 aliphatic rings. The normalized spacial score (nSPS) is 12.6. The highest BCUT2D eigenvalue weighted by Gasteiger charge is 2.12. The van der Waals surface area contributed by atoms with Crippen molar-refractivity contribution in [2.24, 2.45) is 4.99 Å². The molecular formula is C18H25N3O3S. The first-order valence-electron chi connectivity index (χ1n) is 8.10. The van der Waals surface area contributed by atoms with E-state index >= 15 is 0 Å². The lowest BCUT2D eigenvalue weighted by Crippen LogP contribution is -2.39. The molecule has 3 N–H and O–H groups in total. The highest BCUT2D eigenvalue weighted by Crippen LogP contribution is 2.26. The molecule has 2 aromatic rings. The highest BCUT2D eigenvalue weighted by atomic mass is 32.1. The van der Waals surface area contributed by atoms with Gasteiger partial charge in [-0.15, -0.1) is 0 Å². The van der Waals surface area contributed by atoms with E-state index in [1.165, 1.54) is 5.56 Å². The van der Waals surface area contributed by atoms with Crippen molar-refractivity contribution in [2.45, 2.75) is 19.6 Å². The summed E-state index contributed by atoms with van der Waals surface area (Å²) >= 11 is 1.65. The molecule has 0 spiro atoms. The minimum absolute atomic E-state index is 0.325. The molecule has 0 aliphatic carbocycles. The Morgan fingerprint density at radius 1 is 1.20 bits per heavy atom. The number of thiophene rings is 1. The number of aliphatic hydroxyl groups is 1. The van der Waals surface area contributed by atoms with Crippen molar-refractivity contribution in [1.82, 2.24) is 10.6 Å². The van der Waals surface area contributed by atoms with Gasteiger partial charge in [0, 0.05) is 19.2 Å². The van der Waals surface area contributed by atoms with E-state index in [-0.39, 0.29) is 0 Å². The number of ether oxygens (including phenoxy) is 2. The molecule has 7 heteroatoms. The maximum atomic E-state index is 10.5. The predicted molar refractivity (Wildman–Crippen MR) is 102 cm³/mol. The number of hydrogen-bond donors (Lipinski definition) is 3. The van der Waals surface area contributed by atoms with Gasteiger partial charge < -0.3 is 25.2 Å². The highest BCUT2D eigenvalue weighted by molar-refractivity contribution is 7.07. The van der Waals surface area contributed by atoms with Crippen LogP contribution in [0.2, 0.25) is 0 Å². The van der Waals surface area contributed by atoms with E-state index in [9.17, 15) is 5.11 Å². The maximum absolute atomic E-state index is 10.5. The predicted octanol–water partition coefficient (Wildman–Crippen LogP) is 2.55. The first-order valence-corrected chi connectivity index (χ1v) is 9.04. The Morgan fingerprint density at radius 3 is 2.48 bits per heavy atom. The number of aliphatic hydroxyl groups excluding tert-OH is 1. The average molecular weight is 363 g/mol. The summed E-state index contributed by atoms with van der Waals surface area (Å²) < 4.78 is 10.5. The van der Waals surface area contributed by atoms with E-state index in [1.54, 1.807) is 43.8 Å². The standard InChI is InChI=1S/C18H25N3O3S/c1-4-19-18(20-10-13-5-6-25-12-13)21-11-17(22)14-7-15(23-2)9-16(8-14)24-3/h5-9,12,17,22H,4,10-11H2,1-3H3,(H2,19,20,21). The summed E-state index contributed by atoms with van der Waals surface area (Å²) in [7, 11) is 3.17. The zero-order valence-electron chi connectivity index (χ0n) is 14.8. The van der Waals surface area contributed by atoms with Crippen molar-refractivity contribution in [1.29, 1.82) is 0 Å². The summed E-state index contributed by atoms with van der Waals surface area (Å²) in [5.74, 6) is 1.96. The Bertz CT molecular complexity index is 652. The second kappa shape index (κ2) is 9.90. The molecule has 1 aromatic heterocycles. The molecule has 6 nitrogen and oxygen atoms in total. The Kier molecular flexibility index (Phi) is 7.56. The molecule has 0 amide bonds. The summed E-state index contributed by atoms with van der Waals surface area (Å²) in [5, 5.41) is 20.9. The van der Waals surface area contributed by atoms with Gasteiger partial charge >= 0.3 is 0 Å². The fraction of sp³-hybridized carbons (Fsp3) is 0.389. The number of nitrogens with zero attached hydrogens (tertiary/aromatic N) is 1. The fourth-order valence-electron chi connectivity index (χ4n) is 2.23. The number of methoxy groups -OCH3 is 2. The summed E-state index contributed by atoms with van der Waals surface area (Å²) in [4.78, 5) is 4.53. The van der Waals surface area contributed by atoms with Crippen molar-refractivity contribution >= 4 is 17.3 Å². The zero-order valence-corrected chi connectivity index (χ0v) is 15.6. The van der Waals surface area contributed by atoms with Crippen LogP contribution >= 0.6 is 11.3 Å². The van der Waals surface area contributed by atoms with E-state index in [0.717, 1.165) is 12.1 Å². The minimum Gasteiger partial charge on any atom is -0.497 e. The molecule has 1 aromatic carbocycles. The number of guanidine groups is 1. The zero-order chi connectivity index (χ0) is 18.1. The molecule has 25 heavy (non-hydrogen) atoms. The van der Waals surface area contributed by atoms with Gasteiger partial charge in [-0.2, -0.15) is 11.3 Å². The van der Waals surface area contributed by atoms with Crippen LogP contribution in [0.3, 0.4) is 0 Å². The molecule has 0 radical (unpaired) electrons. The van der Waals surface area contributed by atoms with E-state index in [1.807, 2.05) is 12.3 Å². The van der Waals surface area contributed by atoms with Crippen LogP contribution in [0.15, 0.2) is 40.0 Å². The van der Waals surface area contributed by atoms with Crippen molar-refractivity contribution < 1.29 is 14.6 Å². The third kappa shape index (κ3) is 5.95. The third-order valence-electron chi connectivity index (χ3n) is 3.57. The first-order chi connectivity index (χ1) is 12.2. The smallest absolute Gasteiger partial charge is 0.191 e.